The van der Waals surface area contributed by atoms with Gasteiger partial charge in [-0.2, -0.15) is 5.10 Å². The van der Waals surface area contributed by atoms with Crippen LogP contribution in [0.2, 0.25) is 0 Å². The van der Waals surface area contributed by atoms with Crippen LogP contribution in [-0.4, -0.2) is 22.2 Å². The van der Waals surface area contributed by atoms with Gasteiger partial charge in [0.25, 0.3) is 0 Å². The van der Waals surface area contributed by atoms with E-state index in [-0.39, 0.29) is 12.0 Å². The summed E-state index contributed by atoms with van der Waals surface area (Å²) in [5.41, 5.74) is 3.36. The van der Waals surface area contributed by atoms with E-state index >= 15 is 0 Å². The molecule has 1 unspecified atom stereocenters. The van der Waals surface area contributed by atoms with Gasteiger partial charge in [-0.15, -0.1) is 0 Å². The van der Waals surface area contributed by atoms with Gasteiger partial charge in [0.1, 0.15) is 6.23 Å². The lowest BCUT2D eigenvalue weighted by Crippen LogP contribution is -2.18. The molecule has 0 bridgehead atoms. The van der Waals surface area contributed by atoms with E-state index in [0.29, 0.717) is 23.8 Å². The topological polar surface area (TPSA) is 56.2 Å². The van der Waals surface area contributed by atoms with Crippen molar-refractivity contribution in [3.63, 3.8) is 0 Å². The fraction of sp³-hybridized carbons (Fsp3) is 0.500. The smallest absolute Gasteiger partial charge is 0.165 e. The number of aromatic nitrogens is 2. The van der Waals surface area contributed by atoms with E-state index in [2.05, 4.69) is 34.7 Å². The number of anilines is 1. The van der Waals surface area contributed by atoms with Crippen LogP contribution in [0, 0.1) is 0 Å². The van der Waals surface area contributed by atoms with Crippen molar-refractivity contribution >= 4 is 11.6 Å². The molecule has 5 heteroatoms. The highest BCUT2D eigenvalue weighted by molar-refractivity contribution is 5.98. The van der Waals surface area contributed by atoms with Crippen LogP contribution in [0.3, 0.4) is 0 Å². The predicted octanol–water partition coefficient (Wildman–Crippen LogP) is 4.27. The quantitative estimate of drug-likeness (QED) is 0.798. The summed E-state index contributed by atoms with van der Waals surface area (Å²) in [4.78, 5) is 12.0. The molecule has 1 aliphatic heterocycles. The van der Waals surface area contributed by atoms with Crippen LogP contribution in [0.5, 0.6) is 0 Å². The monoisotopic (exact) mass is 339 g/mol. The average molecular weight is 339 g/mol. The molecule has 2 aliphatic rings. The minimum absolute atomic E-state index is 0.0278. The van der Waals surface area contributed by atoms with Crippen molar-refractivity contribution < 1.29 is 9.53 Å². The summed E-state index contributed by atoms with van der Waals surface area (Å²) in [7, 11) is 0. The Hall–Kier alpha value is -2.14. The van der Waals surface area contributed by atoms with Gasteiger partial charge >= 0.3 is 0 Å². The lowest BCUT2D eigenvalue weighted by atomic mass is 10.0. The molecular weight excluding hydrogens is 314 g/mol. The molecule has 5 nitrogen and oxygen atoms in total. The molecule has 132 valence electrons. The largest absolute Gasteiger partial charge is 0.364 e. The number of ether oxygens (including phenoxy) is 1. The van der Waals surface area contributed by atoms with Gasteiger partial charge in [-0.1, -0.05) is 24.3 Å². The number of nitrogens with one attached hydrogen (secondary N) is 1. The van der Waals surface area contributed by atoms with Gasteiger partial charge < -0.3 is 10.1 Å². The third-order valence-corrected chi connectivity index (χ3v) is 5.08. The normalized spacial score (nSPS) is 20.4. The summed E-state index contributed by atoms with van der Waals surface area (Å²) in [5, 5.41) is 8.01. The molecule has 2 aromatic rings. The highest BCUT2D eigenvalue weighted by Gasteiger charge is 2.26. The third-order valence-electron chi connectivity index (χ3n) is 5.08. The van der Waals surface area contributed by atoms with Gasteiger partial charge in [0.15, 0.2) is 11.6 Å². The van der Waals surface area contributed by atoms with Gasteiger partial charge in [-0.05, 0) is 56.1 Å². The van der Waals surface area contributed by atoms with Crippen molar-refractivity contribution in [2.24, 2.45) is 0 Å². The summed E-state index contributed by atoms with van der Waals surface area (Å²) in [6.45, 7) is 3.04. The van der Waals surface area contributed by atoms with E-state index < -0.39 is 0 Å². The number of rotatable bonds is 6. The second-order valence-electron chi connectivity index (χ2n) is 7.08. The molecule has 25 heavy (non-hydrogen) atoms. The first-order valence-electron chi connectivity index (χ1n) is 9.26. The minimum Gasteiger partial charge on any atom is -0.364 e. The van der Waals surface area contributed by atoms with E-state index in [1.807, 2.05) is 10.9 Å². The highest BCUT2D eigenvalue weighted by Crippen LogP contribution is 2.41. The molecule has 1 aromatic carbocycles. The summed E-state index contributed by atoms with van der Waals surface area (Å²) in [6.07, 6.45) is 7.52. The number of Topliss-reactive ketones (excluding diaryl/α,β-unsaturated/α-hetero) is 1. The second kappa shape index (κ2) is 7.00. The maximum Gasteiger partial charge on any atom is 0.165 e. The van der Waals surface area contributed by atoms with Gasteiger partial charge in [-0.25, -0.2) is 4.68 Å². The molecule has 1 aromatic heterocycles. The molecule has 1 saturated carbocycles. The minimum atomic E-state index is -0.0545. The molecule has 1 N–H and O–H groups in total. The Morgan fingerprint density at radius 1 is 1.28 bits per heavy atom. The van der Waals surface area contributed by atoms with Crippen LogP contribution in [0.25, 0.3) is 0 Å². The maximum absolute atomic E-state index is 12.0. The van der Waals surface area contributed by atoms with Crippen molar-refractivity contribution in [2.75, 3.05) is 11.9 Å². The SMILES string of the molecule is CC(=O)c1cn(C2CCCCO2)nc1NCc1ccccc1C1CC1. The van der Waals surface area contributed by atoms with Crippen LogP contribution in [0.1, 0.15) is 72.7 Å². The lowest BCUT2D eigenvalue weighted by molar-refractivity contribution is -0.0393. The Labute approximate surface area is 148 Å². The van der Waals surface area contributed by atoms with E-state index in [1.54, 1.807) is 6.92 Å². The fourth-order valence-corrected chi connectivity index (χ4v) is 3.53. The van der Waals surface area contributed by atoms with E-state index in [9.17, 15) is 4.79 Å². The molecule has 1 aliphatic carbocycles. The number of nitrogens with zero attached hydrogens (tertiary/aromatic N) is 2. The summed E-state index contributed by atoms with van der Waals surface area (Å²) < 4.78 is 7.61. The molecule has 0 radical (unpaired) electrons. The summed E-state index contributed by atoms with van der Waals surface area (Å²) in [6, 6.07) is 8.56. The van der Waals surface area contributed by atoms with Crippen molar-refractivity contribution in [1.82, 2.24) is 9.78 Å². The summed E-state index contributed by atoms with van der Waals surface area (Å²) in [5.74, 6) is 1.39. The molecule has 1 atom stereocenters. The summed E-state index contributed by atoms with van der Waals surface area (Å²) >= 11 is 0. The Kier molecular flexibility index (Phi) is 4.57. The fourth-order valence-electron chi connectivity index (χ4n) is 3.53. The number of hydrogen-bond acceptors (Lipinski definition) is 4. The molecule has 2 heterocycles. The lowest BCUT2D eigenvalue weighted by Gasteiger charge is -2.22. The zero-order valence-electron chi connectivity index (χ0n) is 14.7. The van der Waals surface area contributed by atoms with Gasteiger partial charge in [-0.3, -0.25) is 4.79 Å². The van der Waals surface area contributed by atoms with Crippen molar-refractivity contribution in [2.45, 2.75) is 57.7 Å². The maximum atomic E-state index is 12.0. The van der Waals surface area contributed by atoms with E-state index in [0.717, 1.165) is 25.9 Å². The van der Waals surface area contributed by atoms with Gasteiger partial charge in [0.05, 0.1) is 5.56 Å². The van der Waals surface area contributed by atoms with Crippen molar-refractivity contribution in [3.05, 3.63) is 47.2 Å². The number of ketones is 1. The Morgan fingerprint density at radius 3 is 2.84 bits per heavy atom. The highest BCUT2D eigenvalue weighted by atomic mass is 16.5. The van der Waals surface area contributed by atoms with Gasteiger partial charge in [0.2, 0.25) is 0 Å². The second-order valence-corrected chi connectivity index (χ2v) is 7.08. The zero-order valence-corrected chi connectivity index (χ0v) is 14.7. The molecule has 0 amide bonds. The Bertz CT molecular complexity index is 758. The first-order chi connectivity index (χ1) is 12.2. The van der Waals surface area contributed by atoms with Crippen LogP contribution in [0.4, 0.5) is 5.82 Å². The third kappa shape index (κ3) is 3.61. The number of carbonyl (C=O) groups is 1. The van der Waals surface area contributed by atoms with E-state index in [4.69, 9.17) is 4.74 Å². The van der Waals surface area contributed by atoms with Gasteiger partial charge in [0, 0.05) is 19.3 Å². The molecule has 1 saturated heterocycles. The Morgan fingerprint density at radius 2 is 2.12 bits per heavy atom. The molecular formula is C20H25N3O2. The van der Waals surface area contributed by atoms with E-state index in [1.165, 1.54) is 24.0 Å². The number of carbonyl (C=O) groups excluding carboxylic acids is 1. The van der Waals surface area contributed by atoms with Crippen molar-refractivity contribution in [1.29, 1.82) is 0 Å². The predicted molar refractivity (Wildman–Crippen MR) is 96.8 cm³/mol. The molecule has 0 spiro atoms. The van der Waals surface area contributed by atoms with Crippen LogP contribution in [-0.2, 0) is 11.3 Å². The average Bonchev–Trinajstić information content (AvgIpc) is 3.39. The molecule has 4 rings (SSSR count). The number of benzene rings is 1. The van der Waals surface area contributed by atoms with Crippen molar-refractivity contribution in [3.8, 4) is 0 Å². The van der Waals surface area contributed by atoms with Crippen LogP contribution >= 0.6 is 0 Å². The standard InChI is InChI=1S/C20H25N3O2/c1-14(24)18-13-23(19-8-4-5-11-25-19)22-20(18)21-12-16-6-2-3-7-17(16)15-9-10-15/h2-3,6-7,13,15,19H,4-5,8-12H2,1H3,(H,21,22). The Balaban J connectivity index is 1.53. The van der Waals surface area contributed by atoms with Crippen LogP contribution < -0.4 is 5.32 Å². The molecule has 2 fully saturated rings. The first kappa shape index (κ1) is 16.3. The number of hydrogen-bond donors (Lipinski definition) is 1. The van der Waals surface area contributed by atoms with Crippen LogP contribution in [0.15, 0.2) is 30.5 Å². The zero-order chi connectivity index (χ0) is 17.2. The first-order valence-corrected chi connectivity index (χ1v) is 9.26.